The van der Waals surface area contributed by atoms with E-state index in [9.17, 15) is 9.90 Å². The number of thiophene rings is 1. The average Bonchev–Trinajstić information content (AvgIpc) is 1.64. The van der Waals surface area contributed by atoms with Crippen LogP contribution in [-0.4, -0.2) is 292 Å². The molecular formula is C91H109N3O24S. The first-order chi connectivity index (χ1) is 58.8. The quantitative estimate of drug-likeness (QED) is 0.0265. The van der Waals surface area contributed by atoms with Crippen molar-refractivity contribution < 1.29 is 114 Å². The van der Waals surface area contributed by atoms with Gasteiger partial charge in [0.1, 0.15) is 42.8 Å². The molecule has 0 saturated heterocycles. The lowest BCUT2D eigenvalue weighted by atomic mass is 10.1. The predicted molar refractivity (Wildman–Crippen MR) is 453 cm³/mol. The molecule has 2 N–H and O–H groups in total. The van der Waals surface area contributed by atoms with Crippen molar-refractivity contribution in [2.75, 3.05) is 266 Å². The number of fused-ring (bicyclic) bond motifs is 8. The van der Waals surface area contributed by atoms with Crippen molar-refractivity contribution in [1.82, 2.24) is 15.0 Å². The van der Waals surface area contributed by atoms with Gasteiger partial charge < -0.3 is 114 Å². The highest BCUT2D eigenvalue weighted by Crippen LogP contribution is 2.37. The first kappa shape index (κ1) is 93.4. The fourth-order valence-corrected chi connectivity index (χ4v) is 12.2. The molecule has 7 aromatic rings. The number of carbonyl (C=O) groups is 1. The number of ether oxygens (including phenoxy) is 22. The number of methoxy groups -OCH3 is 3. The highest BCUT2D eigenvalue weighted by atomic mass is 32.1. The van der Waals surface area contributed by atoms with E-state index in [-0.39, 0.29) is 0 Å². The Balaban J connectivity index is 0.939. The molecule has 0 aliphatic carbocycles. The number of hydrogen-bond donors (Lipinski definition) is 2. The van der Waals surface area contributed by atoms with Crippen LogP contribution in [0.15, 0.2) is 121 Å². The lowest BCUT2D eigenvalue weighted by Crippen LogP contribution is -2.14. The summed E-state index contributed by atoms with van der Waals surface area (Å²) < 4.78 is 125. The van der Waals surface area contributed by atoms with E-state index in [1.54, 1.807) is 44.8 Å². The summed E-state index contributed by atoms with van der Waals surface area (Å²) in [6.07, 6.45) is 7.75. The highest BCUT2D eigenvalue weighted by Gasteiger charge is 2.18. The summed E-state index contributed by atoms with van der Waals surface area (Å²) in [5, 5.41) is 9.47. The zero-order valence-corrected chi connectivity index (χ0v) is 69.0. The van der Waals surface area contributed by atoms with Gasteiger partial charge in [-0.15, -0.1) is 11.3 Å². The third-order valence-corrected chi connectivity index (χ3v) is 18.0. The number of nitrogens with one attached hydrogen (secondary N) is 1. The van der Waals surface area contributed by atoms with Crippen LogP contribution in [0.5, 0.6) is 23.0 Å². The monoisotopic (exact) mass is 1660 g/mol. The van der Waals surface area contributed by atoms with E-state index in [1.807, 2.05) is 127 Å². The number of benzene rings is 4. The minimum absolute atomic E-state index is 0.303. The fraction of sp³-hybridized carbons (Fsp3) is 0.440. The summed E-state index contributed by atoms with van der Waals surface area (Å²) >= 11 is 1.54. The Hall–Kier alpha value is -9.47. The number of aliphatic carboxylic acids is 1. The number of carboxylic acid groups (broad SMARTS) is 1. The maximum atomic E-state index is 11.6. The SMILES string of the molecule is COCCOCCOCCOCCOCCOCCOc1cccc(C#Cc2c3nc(c(C#Cc4cccc(OCCOCCOCCOCCOCCOCCOC)c4)c4ccc([nH]4)c(-c4ccc(OCC(=O)O)cc4)c4ccc(s4)c(C#Cc4cccc(OCCOCCOCCOCCOCCOCCOC)c4)c4nc2C=C4)C=C3)c1. The minimum atomic E-state index is -1.08. The second kappa shape index (κ2) is 58.4. The molecule has 28 heteroatoms. The summed E-state index contributed by atoms with van der Waals surface area (Å²) in [6, 6.07) is 38.3. The molecule has 0 atom stereocenters. The zero-order chi connectivity index (χ0) is 82.9. The number of hydrogen-bond acceptors (Lipinski definition) is 26. The molecule has 0 unspecified atom stereocenters. The summed E-state index contributed by atoms with van der Waals surface area (Å²) in [7, 11) is 4.92. The normalized spacial score (nSPS) is 11.5. The molecule has 119 heavy (non-hydrogen) atoms. The summed E-state index contributed by atoms with van der Waals surface area (Å²) in [5.74, 6) is 22.0. The molecule has 3 aromatic heterocycles. The maximum Gasteiger partial charge on any atom is 0.341 e. The molecule has 4 aromatic carbocycles. The van der Waals surface area contributed by atoms with Crippen LogP contribution in [-0.2, 0) is 90.1 Å². The second-order valence-corrected chi connectivity index (χ2v) is 26.7. The van der Waals surface area contributed by atoms with Crippen LogP contribution in [0.1, 0.15) is 56.2 Å². The molecule has 2 aliphatic heterocycles. The topological polar surface area (TPSA) is 282 Å². The van der Waals surface area contributed by atoms with Crippen LogP contribution in [0.4, 0.5) is 0 Å². The Bertz CT molecular complexity index is 4330. The molecule has 5 heterocycles. The standard InChI is InChI=1S/C91H109N3O24S/c1-97-31-34-100-37-40-103-43-46-106-49-52-109-55-58-112-61-64-115-76-10-4-7-71(67-76)13-20-79-82-23-24-83(92-82)80(21-14-72-8-5-11-77(68-72)116-65-62-113-59-56-110-53-50-107-47-44-104-41-38-101-35-32-98-2)85-27-28-87(94-85)91(74-16-18-75(19-17-74)118-70-90(95)96)89-30-29-88(119-89)81(86-26-25-84(79)93-86)22-15-73-9-6-12-78(69-73)117-66-63-114-60-57-111-54-51-108-48-45-105-42-39-102-36-33-99-3/h4-12,16-19,23-30,67-69,94H,31-66,70H2,1-3H3,(H,95,96). The second-order valence-electron chi connectivity index (χ2n) is 25.6. The number of aromatic nitrogens is 3. The van der Waals surface area contributed by atoms with Crippen molar-refractivity contribution >= 4 is 62.0 Å². The molecule has 0 saturated carbocycles. The van der Waals surface area contributed by atoms with Gasteiger partial charge in [0.15, 0.2) is 6.61 Å². The average molecular weight is 1660 g/mol. The molecule has 0 amide bonds. The van der Waals surface area contributed by atoms with Gasteiger partial charge in [-0.2, -0.15) is 0 Å². The van der Waals surface area contributed by atoms with E-state index in [0.717, 1.165) is 26.0 Å². The number of H-pyrrole nitrogens is 1. The van der Waals surface area contributed by atoms with Crippen molar-refractivity contribution in [2.45, 2.75) is 0 Å². The minimum Gasteiger partial charge on any atom is -0.491 e. The van der Waals surface area contributed by atoms with E-state index in [4.69, 9.17) is 114 Å². The largest absolute Gasteiger partial charge is 0.491 e. The van der Waals surface area contributed by atoms with Crippen LogP contribution in [0, 0.1) is 35.5 Å². The number of aromatic amines is 1. The number of nitrogens with zero attached hydrogens (tertiary/aromatic N) is 2. The molecule has 638 valence electrons. The molecule has 0 fully saturated rings. The first-order valence-corrected chi connectivity index (χ1v) is 40.6. The van der Waals surface area contributed by atoms with Crippen LogP contribution in [0.3, 0.4) is 0 Å². The van der Waals surface area contributed by atoms with Gasteiger partial charge in [0, 0.05) is 58.5 Å². The third kappa shape index (κ3) is 37.0. The van der Waals surface area contributed by atoms with Crippen LogP contribution in [0.2, 0.25) is 0 Å². The van der Waals surface area contributed by atoms with Crippen LogP contribution in [0.25, 0.3) is 55.9 Å². The van der Waals surface area contributed by atoms with Crippen LogP contribution < -0.4 is 18.9 Å². The Kier molecular flexibility index (Phi) is 45.9. The zero-order valence-electron chi connectivity index (χ0n) is 68.2. The van der Waals surface area contributed by atoms with Gasteiger partial charge in [0.25, 0.3) is 0 Å². The Morgan fingerprint density at radius 1 is 0.311 bits per heavy atom. The number of carboxylic acids is 1. The van der Waals surface area contributed by atoms with E-state index in [0.29, 0.717) is 323 Å². The summed E-state index contributed by atoms with van der Waals surface area (Å²) in [4.78, 5) is 26.0. The third-order valence-electron chi connectivity index (χ3n) is 16.9. The fourth-order valence-electron chi connectivity index (χ4n) is 11.1. The van der Waals surface area contributed by atoms with Crippen molar-refractivity contribution in [3.05, 3.63) is 177 Å². The lowest BCUT2D eigenvalue weighted by molar-refractivity contribution is -0.139. The van der Waals surface area contributed by atoms with E-state index >= 15 is 0 Å². The van der Waals surface area contributed by atoms with E-state index < -0.39 is 12.6 Å². The summed E-state index contributed by atoms with van der Waals surface area (Å²) in [5.41, 5.74) is 9.34. The van der Waals surface area contributed by atoms with Crippen molar-refractivity contribution in [3.8, 4) is 69.6 Å². The molecule has 8 bridgehead atoms. The molecule has 0 radical (unpaired) electrons. The van der Waals surface area contributed by atoms with E-state index in [2.05, 4.69) is 46.6 Å². The molecule has 2 aliphatic rings. The predicted octanol–water partition coefficient (Wildman–Crippen LogP) is 11.0. The van der Waals surface area contributed by atoms with Crippen molar-refractivity contribution in [2.24, 2.45) is 0 Å². The molecular weight excluding hydrogens is 1550 g/mol. The molecule has 0 spiro atoms. The molecule has 27 nitrogen and oxygen atoms in total. The Morgan fingerprint density at radius 3 is 0.966 bits per heavy atom. The smallest absolute Gasteiger partial charge is 0.341 e. The summed E-state index contributed by atoms with van der Waals surface area (Å²) in [6.45, 7) is 15.7. The Morgan fingerprint density at radius 2 is 0.613 bits per heavy atom. The van der Waals surface area contributed by atoms with Gasteiger partial charge in [-0.25, -0.2) is 14.8 Å². The highest BCUT2D eigenvalue weighted by molar-refractivity contribution is 7.24. The van der Waals surface area contributed by atoms with E-state index in [1.165, 1.54) is 0 Å². The van der Waals surface area contributed by atoms with Gasteiger partial charge in [0.2, 0.25) is 0 Å². The maximum absolute atomic E-state index is 11.6. The number of rotatable bonds is 61. The van der Waals surface area contributed by atoms with Gasteiger partial charge in [-0.1, -0.05) is 65.9 Å². The van der Waals surface area contributed by atoms with Crippen molar-refractivity contribution in [1.29, 1.82) is 0 Å². The molecule has 9 rings (SSSR count). The first-order valence-electron chi connectivity index (χ1n) is 39.7. The van der Waals surface area contributed by atoms with Gasteiger partial charge in [-0.05, 0) is 121 Å². The van der Waals surface area contributed by atoms with Gasteiger partial charge >= 0.3 is 5.97 Å². The van der Waals surface area contributed by atoms with Crippen molar-refractivity contribution in [3.63, 3.8) is 0 Å². The van der Waals surface area contributed by atoms with Gasteiger partial charge in [0.05, 0.1) is 263 Å². The Labute approximate surface area is 700 Å². The van der Waals surface area contributed by atoms with Gasteiger partial charge in [-0.3, -0.25) is 0 Å². The van der Waals surface area contributed by atoms with Crippen LogP contribution >= 0.6 is 11.3 Å². The lowest BCUT2D eigenvalue weighted by Gasteiger charge is -2.09.